The van der Waals surface area contributed by atoms with E-state index in [-0.39, 0.29) is 17.8 Å². The molecule has 7 heteroatoms. The van der Waals surface area contributed by atoms with E-state index >= 15 is 0 Å². The molecule has 0 amide bonds. The number of rotatable bonds is 1. The van der Waals surface area contributed by atoms with Gasteiger partial charge < -0.3 is 10.2 Å². The van der Waals surface area contributed by atoms with E-state index in [1.807, 2.05) is 4.90 Å². The highest BCUT2D eigenvalue weighted by atomic mass is 35.5. The molecule has 2 aliphatic heterocycles. The maximum absolute atomic E-state index is 12.6. The first-order valence-corrected chi connectivity index (χ1v) is 5.98. The topological polar surface area (TPSA) is 28.2 Å². The van der Waals surface area contributed by atoms with Gasteiger partial charge in [-0.05, 0) is 25.1 Å². The summed E-state index contributed by atoms with van der Waals surface area (Å²) in [5.41, 5.74) is 0.0853. The maximum atomic E-state index is 12.6. The van der Waals surface area contributed by atoms with E-state index in [1.165, 1.54) is 6.20 Å². The summed E-state index contributed by atoms with van der Waals surface area (Å²) < 4.78 is 37.7. The Labute approximate surface area is 115 Å². The van der Waals surface area contributed by atoms with Crippen LogP contribution in [0.25, 0.3) is 0 Å². The molecule has 0 atom stereocenters. The van der Waals surface area contributed by atoms with Gasteiger partial charge in [-0.1, -0.05) is 0 Å². The van der Waals surface area contributed by atoms with Crippen molar-refractivity contribution < 1.29 is 13.2 Å². The Kier molecular flexibility index (Phi) is 3.66. The lowest BCUT2D eigenvalue weighted by molar-refractivity contribution is -0.141. The highest BCUT2D eigenvalue weighted by Gasteiger charge is 2.45. The zero-order valence-corrected chi connectivity index (χ0v) is 11.0. The summed E-state index contributed by atoms with van der Waals surface area (Å²) in [4.78, 5) is 5.37. The summed E-state index contributed by atoms with van der Waals surface area (Å²) in [5.74, 6) is 0. The maximum Gasteiger partial charge on any atom is 0.433 e. The minimum absolute atomic E-state index is 0. The van der Waals surface area contributed by atoms with Crippen molar-refractivity contribution in [1.29, 1.82) is 0 Å². The molecule has 0 unspecified atom stereocenters. The Bertz CT molecular complexity index is 450. The number of nitrogens with zero attached hydrogens (tertiary/aromatic N) is 2. The molecule has 1 spiro atoms. The van der Waals surface area contributed by atoms with E-state index in [0.717, 1.165) is 38.7 Å². The number of hydrogen-bond acceptors (Lipinski definition) is 3. The van der Waals surface area contributed by atoms with Crippen LogP contribution in [-0.2, 0) is 6.18 Å². The number of halogens is 4. The molecule has 106 valence electrons. The molecule has 1 aromatic rings. The first kappa shape index (κ1) is 14.4. The van der Waals surface area contributed by atoms with Gasteiger partial charge in [0.15, 0.2) is 0 Å². The minimum Gasteiger partial charge on any atom is -0.370 e. The van der Waals surface area contributed by atoms with Crippen LogP contribution < -0.4 is 10.2 Å². The lowest BCUT2D eigenvalue weighted by Gasteiger charge is -2.49. The van der Waals surface area contributed by atoms with Crippen molar-refractivity contribution in [3.8, 4) is 0 Å². The van der Waals surface area contributed by atoms with Gasteiger partial charge in [0.25, 0.3) is 0 Å². The highest BCUT2D eigenvalue weighted by Crippen LogP contribution is 2.40. The van der Waals surface area contributed by atoms with E-state index in [4.69, 9.17) is 0 Å². The Morgan fingerprint density at radius 2 is 2.05 bits per heavy atom. The largest absolute Gasteiger partial charge is 0.433 e. The number of aromatic nitrogens is 1. The van der Waals surface area contributed by atoms with E-state index in [2.05, 4.69) is 10.3 Å². The van der Waals surface area contributed by atoms with Crippen molar-refractivity contribution in [2.45, 2.75) is 12.6 Å². The van der Waals surface area contributed by atoms with Gasteiger partial charge in [0, 0.05) is 36.9 Å². The first-order valence-electron chi connectivity index (χ1n) is 5.98. The second kappa shape index (κ2) is 4.83. The Morgan fingerprint density at radius 1 is 1.32 bits per heavy atom. The molecule has 0 aliphatic carbocycles. The molecule has 2 saturated heterocycles. The monoisotopic (exact) mass is 293 g/mol. The molecule has 0 aromatic carbocycles. The fourth-order valence-electron chi connectivity index (χ4n) is 2.78. The normalized spacial score (nSPS) is 21.1. The smallest absolute Gasteiger partial charge is 0.370 e. The third-order valence-electron chi connectivity index (χ3n) is 3.78. The van der Waals surface area contributed by atoms with Crippen molar-refractivity contribution in [2.75, 3.05) is 31.1 Å². The highest BCUT2D eigenvalue weighted by molar-refractivity contribution is 5.85. The molecular formula is C12H15ClF3N3. The zero-order valence-electron chi connectivity index (χ0n) is 10.2. The third-order valence-corrected chi connectivity index (χ3v) is 3.78. The molecule has 3 heterocycles. The average molecular weight is 294 g/mol. The first-order chi connectivity index (χ1) is 8.49. The summed E-state index contributed by atoms with van der Waals surface area (Å²) in [5, 5.41) is 3.30. The molecule has 3 nitrogen and oxygen atoms in total. The molecule has 0 saturated carbocycles. The van der Waals surface area contributed by atoms with Gasteiger partial charge in [0.05, 0.1) is 0 Å². The van der Waals surface area contributed by atoms with E-state index in [1.54, 1.807) is 6.07 Å². The summed E-state index contributed by atoms with van der Waals surface area (Å²) in [6.07, 6.45) is -2.02. The number of pyridine rings is 1. The van der Waals surface area contributed by atoms with Crippen molar-refractivity contribution in [2.24, 2.45) is 5.41 Å². The van der Waals surface area contributed by atoms with Crippen molar-refractivity contribution in [1.82, 2.24) is 10.3 Å². The fraction of sp³-hybridized carbons (Fsp3) is 0.583. The van der Waals surface area contributed by atoms with E-state index in [9.17, 15) is 13.2 Å². The zero-order chi connectivity index (χ0) is 12.8. The Balaban J connectivity index is 0.00000133. The Morgan fingerprint density at radius 3 is 2.63 bits per heavy atom. The quantitative estimate of drug-likeness (QED) is 0.861. The van der Waals surface area contributed by atoms with Crippen LogP contribution in [0.2, 0.25) is 0 Å². The van der Waals surface area contributed by atoms with E-state index in [0.29, 0.717) is 5.69 Å². The van der Waals surface area contributed by atoms with Crippen LogP contribution in [-0.4, -0.2) is 31.2 Å². The molecule has 2 aliphatic rings. The summed E-state index contributed by atoms with van der Waals surface area (Å²) in [7, 11) is 0. The summed E-state index contributed by atoms with van der Waals surface area (Å²) >= 11 is 0. The molecule has 1 aromatic heterocycles. The van der Waals surface area contributed by atoms with Gasteiger partial charge in [-0.25, -0.2) is 0 Å². The number of hydrogen-bond donors (Lipinski definition) is 1. The predicted molar refractivity (Wildman–Crippen MR) is 68.6 cm³/mol. The number of anilines is 1. The van der Waals surface area contributed by atoms with Crippen LogP contribution in [0.5, 0.6) is 0 Å². The van der Waals surface area contributed by atoms with Gasteiger partial charge in [0.1, 0.15) is 5.69 Å². The lowest BCUT2D eigenvalue weighted by atomic mass is 9.79. The van der Waals surface area contributed by atoms with E-state index < -0.39 is 11.9 Å². The van der Waals surface area contributed by atoms with Gasteiger partial charge in [-0.3, -0.25) is 4.98 Å². The molecule has 2 fully saturated rings. The average Bonchev–Trinajstić information content (AvgIpc) is 2.75. The summed E-state index contributed by atoms with van der Waals surface area (Å²) in [6, 6.07) is 2.78. The van der Waals surface area contributed by atoms with Gasteiger partial charge >= 0.3 is 6.18 Å². The standard InChI is InChI=1S/C12H14F3N3.ClH/c13-12(14,15)10-5-9(1-3-17-10)18-7-11(8-18)2-4-16-6-11;/h1,3,5,16H,2,4,6-8H2;1H. The predicted octanol–water partition coefficient (Wildman–Crippen LogP) is 2.32. The van der Waals surface area contributed by atoms with Crippen LogP contribution >= 0.6 is 12.4 Å². The number of nitrogens with one attached hydrogen (secondary N) is 1. The number of alkyl halides is 3. The van der Waals surface area contributed by atoms with Gasteiger partial charge in [0.2, 0.25) is 0 Å². The van der Waals surface area contributed by atoms with Crippen molar-refractivity contribution >= 4 is 18.1 Å². The minimum atomic E-state index is -4.37. The Hall–Kier alpha value is -1.01. The van der Waals surface area contributed by atoms with Crippen LogP contribution in [0.4, 0.5) is 18.9 Å². The summed E-state index contributed by atoms with van der Waals surface area (Å²) in [6.45, 7) is 3.65. The lowest BCUT2D eigenvalue weighted by Crippen LogP contribution is -2.57. The third kappa shape index (κ3) is 2.65. The van der Waals surface area contributed by atoms with Crippen molar-refractivity contribution in [3.63, 3.8) is 0 Å². The molecule has 19 heavy (non-hydrogen) atoms. The fourth-order valence-corrected chi connectivity index (χ4v) is 2.78. The van der Waals surface area contributed by atoms with Crippen LogP contribution in [0.3, 0.4) is 0 Å². The van der Waals surface area contributed by atoms with Crippen molar-refractivity contribution in [3.05, 3.63) is 24.0 Å². The molecule has 1 N–H and O–H groups in total. The van der Waals surface area contributed by atoms with Crippen LogP contribution in [0.15, 0.2) is 18.3 Å². The van der Waals surface area contributed by atoms with Gasteiger partial charge in [-0.15, -0.1) is 12.4 Å². The second-order valence-electron chi connectivity index (χ2n) is 5.18. The second-order valence-corrected chi connectivity index (χ2v) is 5.18. The molecule has 3 rings (SSSR count). The molecular weight excluding hydrogens is 279 g/mol. The van der Waals surface area contributed by atoms with Crippen LogP contribution in [0, 0.1) is 5.41 Å². The molecule has 0 bridgehead atoms. The molecule has 0 radical (unpaired) electrons. The SMILES string of the molecule is Cl.FC(F)(F)c1cc(N2CC3(CCNC3)C2)ccn1. The van der Waals surface area contributed by atoms with Crippen LogP contribution in [0.1, 0.15) is 12.1 Å². The van der Waals surface area contributed by atoms with Gasteiger partial charge in [-0.2, -0.15) is 13.2 Å².